The van der Waals surface area contributed by atoms with E-state index in [9.17, 15) is 29.1 Å². The van der Waals surface area contributed by atoms with Gasteiger partial charge in [-0.1, -0.05) is 47.4 Å². The van der Waals surface area contributed by atoms with Gasteiger partial charge in [0.15, 0.2) is 16.2 Å². The van der Waals surface area contributed by atoms with Crippen LogP contribution in [0.3, 0.4) is 0 Å². The van der Waals surface area contributed by atoms with Gasteiger partial charge in [0.05, 0.1) is 6.54 Å². The Morgan fingerprint density at radius 3 is 2.60 bits per heavy atom. The largest absolute Gasteiger partial charge is 0.426 e. The summed E-state index contributed by atoms with van der Waals surface area (Å²) in [5.74, 6) is -2.79. The molecule has 3 unspecified atom stereocenters. The summed E-state index contributed by atoms with van der Waals surface area (Å²) in [5.41, 5.74) is 6.21. The molecule has 0 spiro atoms. The summed E-state index contributed by atoms with van der Waals surface area (Å²) in [7, 11) is 0. The molecule has 2 aliphatic heterocycles. The quantitative estimate of drug-likeness (QED) is 0.103. The zero-order valence-electron chi connectivity index (χ0n) is 22.6. The lowest BCUT2D eigenvalue weighted by atomic mass is 9.97. The number of hydrogen-bond acceptors (Lipinski definition) is 14. The molecule has 1 saturated heterocycles. The number of ketones is 1. The van der Waals surface area contributed by atoms with Crippen LogP contribution >= 0.6 is 47.3 Å². The molecule has 13 nitrogen and oxygen atoms in total. The van der Waals surface area contributed by atoms with Gasteiger partial charge >= 0.3 is 11.9 Å². The Hall–Kier alpha value is -3.02. The minimum absolute atomic E-state index is 0. The predicted octanol–water partition coefficient (Wildman–Crippen LogP) is 1.34. The van der Waals surface area contributed by atoms with Crippen LogP contribution in [0.1, 0.15) is 40.9 Å². The molecule has 1 aromatic carbocycles. The third-order valence-electron chi connectivity index (χ3n) is 6.01. The van der Waals surface area contributed by atoms with Gasteiger partial charge in [0.1, 0.15) is 22.1 Å². The highest BCUT2D eigenvalue weighted by atomic mass is 35.5. The summed E-state index contributed by atoms with van der Waals surface area (Å²) in [6, 6.07) is 4.99. The van der Waals surface area contributed by atoms with E-state index in [0.717, 1.165) is 5.01 Å². The Balaban J connectivity index is 0.00000484. The molecule has 2 amide bonds. The molecular weight excluding hydrogens is 630 g/mol. The lowest BCUT2D eigenvalue weighted by Gasteiger charge is -2.50. The maximum atomic E-state index is 13.3. The highest BCUT2D eigenvalue weighted by Crippen LogP contribution is 2.42. The Morgan fingerprint density at radius 2 is 1.95 bits per heavy atom. The summed E-state index contributed by atoms with van der Waals surface area (Å²) in [5, 5.41) is 21.4. The number of Topliss-reactive ketones (excluding diaryl/α,β-unsaturated/α-hetero) is 1. The zero-order valence-corrected chi connectivity index (χ0v) is 25.9. The van der Waals surface area contributed by atoms with E-state index in [4.69, 9.17) is 15.2 Å². The van der Waals surface area contributed by atoms with Crippen LogP contribution in [0.15, 0.2) is 39.9 Å². The van der Waals surface area contributed by atoms with Gasteiger partial charge in [-0.25, -0.2) is 4.79 Å². The van der Waals surface area contributed by atoms with Crippen LogP contribution < -0.4 is 11.1 Å². The number of benzene rings is 1. The van der Waals surface area contributed by atoms with Crippen LogP contribution in [0.4, 0.5) is 0 Å². The van der Waals surface area contributed by atoms with Gasteiger partial charge in [-0.3, -0.25) is 24.1 Å². The number of rotatable bonds is 11. The van der Waals surface area contributed by atoms with E-state index in [1.807, 2.05) is 6.92 Å². The third kappa shape index (κ3) is 7.30. The number of ether oxygens (including phenoxy) is 2. The molecule has 2 aromatic rings. The number of carbonyl (C=O) groups is 5. The second kappa shape index (κ2) is 14.4. The lowest BCUT2D eigenvalue weighted by molar-refractivity contribution is -0.182. The number of aryl methyl sites for hydroxylation is 1. The molecule has 4 rings (SSSR count). The first-order valence-corrected chi connectivity index (χ1v) is 15.1. The first-order valence-electron chi connectivity index (χ1n) is 12.3. The number of halogens is 1. The number of aliphatic hydroxyl groups excluding tert-OH is 1. The first kappa shape index (κ1) is 33.5. The molecule has 4 N–H and O–H groups in total. The van der Waals surface area contributed by atoms with Gasteiger partial charge in [-0.2, -0.15) is 0 Å². The SMILES string of the molecule is CC(=O)OC(C)OC(=O)C1=C(CSc2nnc(C)s2)CS[C@H]2C(NC(=O)C(O)c3ccccc3C(=O)CN)C(=O)N12.Cl. The van der Waals surface area contributed by atoms with Gasteiger partial charge in [-0.05, 0) is 12.5 Å². The average molecular weight is 658 g/mol. The molecule has 1 aromatic heterocycles. The molecule has 226 valence electrons. The fraction of sp³-hybridized carbons (Fsp3) is 0.400. The van der Waals surface area contributed by atoms with Crippen molar-refractivity contribution in [2.75, 3.05) is 18.1 Å². The van der Waals surface area contributed by atoms with Crippen LogP contribution in [-0.2, 0) is 28.7 Å². The van der Waals surface area contributed by atoms with E-state index < -0.39 is 53.3 Å². The molecular formula is C25H28ClN5O8S3. The standard InChI is InChI=1S/C25H27N5O8S3.ClH/c1-11-28-29-25(41-11)40-10-14-9-39-23-18(22(35)30(23)19(14)24(36)38-13(3)37-12(2)31)27-21(34)20(33)16-7-5-4-6-15(16)17(32)8-26;/h4-7,13,18,20,23,33H,8-10,26H2,1-3H3,(H,27,34);1H/t13?,18?,20?,23-;/m0./s1. The van der Waals surface area contributed by atoms with Gasteiger partial charge in [0.25, 0.3) is 11.8 Å². The van der Waals surface area contributed by atoms with E-state index in [0.29, 0.717) is 21.4 Å². The number of thioether (sulfide) groups is 2. The van der Waals surface area contributed by atoms with Crippen molar-refractivity contribution in [2.24, 2.45) is 5.73 Å². The number of esters is 2. The minimum atomic E-state index is -1.73. The molecule has 0 radical (unpaired) electrons. The Bertz CT molecular complexity index is 1420. The van der Waals surface area contributed by atoms with Gasteiger partial charge in [0, 0.05) is 36.5 Å². The number of hydrogen-bond donors (Lipinski definition) is 3. The zero-order chi connectivity index (χ0) is 29.8. The molecule has 4 atom stereocenters. The number of amides is 2. The van der Waals surface area contributed by atoms with Crippen molar-refractivity contribution in [3.8, 4) is 0 Å². The van der Waals surface area contributed by atoms with E-state index in [-0.39, 0.29) is 35.8 Å². The first-order chi connectivity index (χ1) is 19.5. The summed E-state index contributed by atoms with van der Waals surface area (Å²) in [6.07, 6.45) is -2.93. The second-order valence-electron chi connectivity index (χ2n) is 8.92. The Kier molecular flexibility index (Phi) is 11.5. The number of aromatic nitrogens is 2. The van der Waals surface area contributed by atoms with Crippen LogP contribution in [0.2, 0.25) is 0 Å². The fourth-order valence-corrected chi connectivity index (χ4v) is 7.51. The molecule has 0 saturated carbocycles. The van der Waals surface area contributed by atoms with E-state index in [1.54, 1.807) is 12.1 Å². The maximum Gasteiger partial charge on any atom is 0.358 e. The summed E-state index contributed by atoms with van der Waals surface area (Å²) in [4.78, 5) is 64.2. The molecule has 1 fully saturated rings. The third-order valence-corrected chi connectivity index (χ3v) is 9.41. The van der Waals surface area contributed by atoms with Crippen molar-refractivity contribution in [1.82, 2.24) is 20.4 Å². The Labute approximate surface area is 259 Å². The number of β-lactam (4-membered cyclic amide) rings is 1. The molecule has 0 bridgehead atoms. The molecule has 42 heavy (non-hydrogen) atoms. The van der Waals surface area contributed by atoms with Crippen LogP contribution in [0.5, 0.6) is 0 Å². The molecule has 0 aliphatic carbocycles. The van der Waals surface area contributed by atoms with Crippen molar-refractivity contribution in [1.29, 1.82) is 0 Å². The van der Waals surface area contributed by atoms with E-state index in [2.05, 4.69) is 15.5 Å². The van der Waals surface area contributed by atoms with Crippen molar-refractivity contribution in [2.45, 2.75) is 48.9 Å². The summed E-state index contributed by atoms with van der Waals surface area (Å²) < 4.78 is 10.9. The van der Waals surface area contributed by atoms with Crippen molar-refractivity contribution < 1.29 is 38.6 Å². The molecule has 2 aliphatic rings. The summed E-state index contributed by atoms with van der Waals surface area (Å²) >= 11 is 4.06. The maximum absolute atomic E-state index is 13.3. The molecule has 17 heteroatoms. The number of aliphatic hydroxyl groups is 1. The minimum Gasteiger partial charge on any atom is -0.426 e. The van der Waals surface area contributed by atoms with Crippen molar-refractivity contribution in [3.63, 3.8) is 0 Å². The number of nitrogens with two attached hydrogens (primary N) is 1. The second-order valence-corrected chi connectivity index (χ2v) is 12.4. The van der Waals surface area contributed by atoms with E-state index >= 15 is 0 Å². The van der Waals surface area contributed by atoms with E-state index in [1.165, 1.54) is 65.7 Å². The Morgan fingerprint density at radius 1 is 1.24 bits per heavy atom. The predicted molar refractivity (Wildman–Crippen MR) is 157 cm³/mol. The highest BCUT2D eigenvalue weighted by molar-refractivity contribution is 8.01. The van der Waals surface area contributed by atoms with Crippen molar-refractivity contribution >= 4 is 76.8 Å². The van der Waals surface area contributed by atoms with Crippen molar-refractivity contribution in [3.05, 3.63) is 51.7 Å². The van der Waals surface area contributed by atoms with Gasteiger partial charge in [0.2, 0.25) is 6.29 Å². The monoisotopic (exact) mass is 657 g/mol. The van der Waals surface area contributed by atoms with Gasteiger partial charge < -0.3 is 25.6 Å². The number of nitrogens with one attached hydrogen (secondary N) is 1. The fourth-order valence-electron chi connectivity index (χ4n) is 4.21. The topological polar surface area (TPSA) is 191 Å². The van der Waals surface area contributed by atoms with Crippen LogP contribution in [-0.4, -0.2) is 85.5 Å². The number of nitrogens with zero attached hydrogens (tertiary/aromatic N) is 3. The lowest BCUT2D eigenvalue weighted by Crippen LogP contribution is -2.71. The molecule has 3 heterocycles. The number of fused-ring (bicyclic) bond motifs is 1. The summed E-state index contributed by atoms with van der Waals surface area (Å²) in [6.45, 7) is 4.07. The highest BCUT2D eigenvalue weighted by Gasteiger charge is 2.55. The normalized spacial score (nSPS) is 19.1. The van der Waals surface area contributed by atoms with Crippen LogP contribution in [0, 0.1) is 6.92 Å². The van der Waals surface area contributed by atoms with Gasteiger partial charge in [-0.15, -0.1) is 34.4 Å². The number of carbonyl (C=O) groups excluding carboxylic acids is 5. The van der Waals surface area contributed by atoms with Crippen LogP contribution in [0.25, 0.3) is 0 Å². The smallest absolute Gasteiger partial charge is 0.358 e. The average Bonchev–Trinajstić information content (AvgIpc) is 3.37.